The third-order valence-electron chi connectivity index (χ3n) is 9.57. The normalized spacial score (nSPS) is 25.0. The standard InChI is InChI=1S/C34H41NO3/c1-36-31-21-26-15-18-33(23-28(26)22-32(31)37-2)16-8-9-19-35(33)20-10-17-34(29-12-4-3-5-13-29)25-38-24-27-11-6-7-14-30(27)34/h3-7,11-14,21-22H,8-10,15-20,23-25H2,1-2H3. The summed E-state index contributed by atoms with van der Waals surface area (Å²) in [5.41, 5.74) is 7.22. The molecule has 2 unspecified atom stereocenters. The van der Waals surface area contributed by atoms with Gasteiger partial charge in [-0.05, 0) is 98.0 Å². The van der Waals surface area contributed by atoms with Crippen molar-refractivity contribution in [1.82, 2.24) is 4.90 Å². The van der Waals surface area contributed by atoms with Crippen LogP contribution in [0.4, 0.5) is 0 Å². The summed E-state index contributed by atoms with van der Waals surface area (Å²) in [6.45, 7) is 3.81. The topological polar surface area (TPSA) is 30.9 Å². The van der Waals surface area contributed by atoms with E-state index in [9.17, 15) is 0 Å². The van der Waals surface area contributed by atoms with Crippen LogP contribution in [-0.2, 0) is 29.6 Å². The van der Waals surface area contributed by atoms with Gasteiger partial charge in [0.1, 0.15) is 0 Å². The van der Waals surface area contributed by atoms with Crippen LogP contribution in [-0.4, -0.2) is 44.4 Å². The van der Waals surface area contributed by atoms with Crippen LogP contribution in [0.5, 0.6) is 11.5 Å². The lowest BCUT2D eigenvalue weighted by Gasteiger charge is -2.50. The highest BCUT2D eigenvalue weighted by atomic mass is 16.5. The molecule has 3 aromatic carbocycles. The predicted octanol–water partition coefficient (Wildman–Crippen LogP) is 6.71. The van der Waals surface area contributed by atoms with Crippen LogP contribution in [0.2, 0.25) is 0 Å². The molecule has 0 radical (unpaired) electrons. The van der Waals surface area contributed by atoms with E-state index in [1.807, 2.05) is 0 Å². The minimum Gasteiger partial charge on any atom is -0.493 e. The Bertz CT molecular complexity index is 1260. The highest BCUT2D eigenvalue weighted by Crippen LogP contribution is 2.45. The summed E-state index contributed by atoms with van der Waals surface area (Å²) in [6, 6.07) is 24.4. The number of hydrogen-bond acceptors (Lipinski definition) is 4. The van der Waals surface area contributed by atoms with Crippen LogP contribution >= 0.6 is 0 Å². The summed E-state index contributed by atoms with van der Waals surface area (Å²) >= 11 is 0. The van der Waals surface area contributed by atoms with Crippen LogP contribution in [0.15, 0.2) is 66.7 Å². The van der Waals surface area contributed by atoms with Crippen molar-refractivity contribution < 1.29 is 14.2 Å². The fourth-order valence-corrected chi connectivity index (χ4v) is 7.60. The number of hydrogen-bond donors (Lipinski definition) is 0. The fraction of sp³-hybridized carbons (Fsp3) is 0.471. The predicted molar refractivity (Wildman–Crippen MR) is 152 cm³/mol. The third-order valence-corrected chi connectivity index (χ3v) is 9.57. The molecule has 38 heavy (non-hydrogen) atoms. The van der Waals surface area contributed by atoms with Crippen LogP contribution in [0.3, 0.4) is 0 Å². The third kappa shape index (κ3) is 4.52. The number of benzene rings is 3. The quantitative estimate of drug-likeness (QED) is 0.353. The summed E-state index contributed by atoms with van der Waals surface area (Å²) < 4.78 is 17.5. The van der Waals surface area contributed by atoms with Crippen LogP contribution in [0, 0.1) is 0 Å². The lowest BCUT2D eigenvalue weighted by Crippen LogP contribution is -2.55. The van der Waals surface area contributed by atoms with E-state index in [0.717, 1.165) is 50.3 Å². The minimum atomic E-state index is -0.0812. The molecule has 0 amide bonds. The second-order valence-electron chi connectivity index (χ2n) is 11.5. The van der Waals surface area contributed by atoms with E-state index in [-0.39, 0.29) is 11.0 Å². The number of ether oxygens (including phenoxy) is 3. The van der Waals surface area contributed by atoms with E-state index in [1.54, 1.807) is 14.2 Å². The number of piperidine rings is 1. The zero-order chi connectivity index (χ0) is 26.0. The molecule has 0 N–H and O–H groups in total. The Kier molecular flexibility index (Phi) is 7.20. The minimum absolute atomic E-state index is 0.0812. The molecule has 200 valence electrons. The smallest absolute Gasteiger partial charge is 0.161 e. The molecule has 1 aliphatic carbocycles. The monoisotopic (exact) mass is 511 g/mol. The molecule has 2 aliphatic heterocycles. The molecule has 4 nitrogen and oxygen atoms in total. The Hall–Kier alpha value is -2.82. The summed E-state index contributed by atoms with van der Waals surface area (Å²) in [5, 5.41) is 0. The van der Waals surface area contributed by atoms with Crippen molar-refractivity contribution in [3.8, 4) is 11.5 Å². The van der Waals surface area contributed by atoms with Crippen LogP contribution in [0.1, 0.15) is 66.3 Å². The second-order valence-corrected chi connectivity index (χ2v) is 11.5. The molecule has 1 spiro atoms. The lowest BCUT2D eigenvalue weighted by molar-refractivity contribution is 0.0261. The van der Waals surface area contributed by atoms with E-state index in [1.165, 1.54) is 60.0 Å². The highest BCUT2D eigenvalue weighted by Gasteiger charge is 2.43. The second kappa shape index (κ2) is 10.7. The molecule has 6 rings (SSSR count). The molecule has 2 heterocycles. The van der Waals surface area contributed by atoms with Gasteiger partial charge in [0.05, 0.1) is 27.4 Å². The summed E-state index contributed by atoms with van der Waals surface area (Å²) in [6.07, 6.45) is 9.63. The molecule has 1 fully saturated rings. The molecule has 0 aromatic heterocycles. The first-order chi connectivity index (χ1) is 18.7. The first-order valence-corrected chi connectivity index (χ1v) is 14.4. The van der Waals surface area contributed by atoms with Crippen LogP contribution in [0.25, 0.3) is 0 Å². The van der Waals surface area contributed by atoms with E-state index < -0.39 is 0 Å². The maximum Gasteiger partial charge on any atom is 0.161 e. The van der Waals surface area contributed by atoms with Gasteiger partial charge in [0.15, 0.2) is 11.5 Å². The SMILES string of the molecule is COc1cc2c(cc1OC)CC1(CCCCN1CCCC1(c3ccccc3)COCc3ccccc31)CC2. The van der Waals surface area contributed by atoms with Gasteiger partial charge in [-0.3, -0.25) is 4.90 Å². The van der Waals surface area contributed by atoms with Gasteiger partial charge in [-0.25, -0.2) is 0 Å². The van der Waals surface area contributed by atoms with Crippen molar-refractivity contribution in [3.05, 3.63) is 94.5 Å². The first-order valence-electron chi connectivity index (χ1n) is 14.4. The van der Waals surface area contributed by atoms with E-state index in [4.69, 9.17) is 14.2 Å². The average Bonchev–Trinajstić information content (AvgIpc) is 2.98. The highest BCUT2D eigenvalue weighted by molar-refractivity contribution is 5.49. The zero-order valence-electron chi connectivity index (χ0n) is 23.0. The van der Waals surface area contributed by atoms with Gasteiger partial charge in [-0.2, -0.15) is 0 Å². The van der Waals surface area contributed by atoms with Gasteiger partial charge >= 0.3 is 0 Å². The molecule has 1 saturated heterocycles. The van der Waals surface area contributed by atoms with Crippen molar-refractivity contribution in [3.63, 3.8) is 0 Å². The van der Waals surface area contributed by atoms with Crippen molar-refractivity contribution in [2.45, 2.75) is 68.9 Å². The summed E-state index contributed by atoms with van der Waals surface area (Å²) in [5.74, 6) is 1.70. The van der Waals surface area contributed by atoms with Gasteiger partial charge < -0.3 is 14.2 Å². The number of aryl methyl sites for hydroxylation is 1. The molecular formula is C34H41NO3. The Labute approximate surface area is 227 Å². The molecule has 0 bridgehead atoms. The van der Waals surface area contributed by atoms with E-state index in [2.05, 4.69) is 71.6 Å². The van der Waals surface area contributed by atoms with Gasteiger partial charge in [0.2, 0.25) is 0 Å². The maximum atomic E-state index is 6.26. The van der Waals surface area contributed by atoms with Crippen molar-refractivity contribution >= 4 is 0 Å². The maximum absolute atomic E-state index is 6.26. The fourth-order valence-electron chi connectivity index (χ4n) is 7.60. The number of methoxy groups -OCH3 is 2. The molecule has 2 atom stereocenters. The molecule has 3 aromatic rings. The number of likely N-dealkylation sites (tertiary alicyclic amines) is 1. The van der Waals surface area contributed by atoms with E-state index in [0.29, 0.717) is 6.61 Å². The van der Waals surface area contributed by atoms with Crippen molar-refractivity contribution in [2.75, 3.05) is 33.9 Å². The van der Waals surface area contributed by atoms with Crippen molar-refractivity contribution in [2.24, 2.45) is 0 Å². The Morgan fingerprint density at radius 1 is 0.842 bits per heavy atom. The van der Waals surface area contributed by atoms with Crippen molar-refractivity contribution in [1.29, 1.82) is 0 Å². The van der Waals surface area contributed by atoms with Gasteiger partial charge in [0.25, 0.3) is 0 Å². The molecular weight excluding hydrogens is 470 g/mol. The average molecular weight is 512 g/mol. The Morgan fingerprint density at radius 2 is 1.61 bits per heavy atom. The molecule has 3 aliphatic rings. The largest absolute Gasteiger partial charge is 0.493 e. The van der Waals surface area contributed by atoms with Gasteiger partial charge in [-0.1, -0.05) is 61.0 Å². The number of rotatable bonds is 7. The Morgan fingerprint density at radius 3 is 2.42 bits per heavy atom. The Balaban J connectivity index is 1.24. The lowest BCUT2D eigenvalue weighted by atomic mass is 9.69. The summed E-state index contributed by atoms with van der Waals surface area (Å²) in [7, 11) is 3.47. The van der Waals surface area contributed by atoms with Crippen LogP contribution < -0.4 is 9.47 Å². The molecule has 4 heteroatoms. The van der Waals surface area contributed by atoms with Gasteiger partial charge in [-0.15, -0.1) is 0 Å². The number of fused-ring (bicyclic) bond motifs is 2. The van der Waals surface area contributed by atoms with Gasteiger partial charge in [0, 0.05) is 11.0 Å². The molecule has 0 saturated carbocycles. The number of nitrogens with zero attached hydrogens (tertiary/aromatic N) is 1. The summed E-state index contributed by atoms with van der Waals surface area (Å²) in [4.78, 5) is 2.85. The van der Waals surface area contributed by atoms with E-state index >= 15 is 0 Å². The zero-order valence-corrected chi connectivity index (χ0v) is 23.0. The first kappa shape index (κ1) is 25.5.